The summed E-state index contributed by atoms with van der Waals surface area (Å²) in [5, 5.41) is 3.62. The number of aryl methyl sites for hydroxylation is 1. The van der Waals surface area contributed by atoms with Crippen molar-refractivity contribution in [3.63, 3.8) is 0 Å². The number of nitrogens with zero attached hydrogens (tertiary/aromatic N) is 1. The lowest BCUT2D eigenvalue weighted by molar-refractivity contribution is 0.218. The van der Waals surface area contributed by atoms with Crippen molar-refractivity contribution in [2.75, 3.05) is 19.6 Å². The van der Waals surface area contributed by atoms with Crippen molar-refractivity contribution >= 4 is 27.3 Å². The molecule has 1 N–H and O–H groups in total. The van der Waals surface area contributed by atoms with Crippen molar-refractivity contribution in [3.05, 3.63) is 20.3 Å². The molecule has 4 heteroatoms. The molecule has 0 bridgehead atoms. The summed E-state index contributed by atoms with van der Waals surface area (Å²) in [4.78, 5) is 5.48. The van der Waals surface area contributed by atoms with Crippen molar-refractivity contribution in [1.82, 2.24) is 10.2 Å². The van der Waals surface area contributed by atoms with E-state index in [-0.39, 0.29) is 0 Å². The molecule has 0 spiro atoms. The maximum atomic E-state index is 3.62. The molecule has 0 radical (unpaired) electrons. The highest BCUT2D eigenvalue weighted by Crippen LogP contribution is 2.27. The van der Waals surface area contributed by atoms with Crippen LogP contribution in [0.2, 0.25) is 0 Å². The van der Waals surface area contributed by atoms with Crippen LogP contribution >= 0.6 is 27.3 Å². The van der Waals surface area contributed by atoms with E-state index in [1.807, 2.05) is 11.3 Å². The third-order valence-electron chi connectivity index (χ3n) is 3.55. The molecule has 1 aromatic rings. The molecular weight excluding hydrogens is 320 g/mol. The predicted molar refractivity (Wildman–Crippen MR) is 87.9 cm³/mol. The Morgan fingerprint density at radius 3 is 2.84 bits per heavy atom. The molecule has 1 saturated heterocycles. The summed E-state index contributed by atoms with van der Waals surface area (Å²) in [7, 11) is 0. The van der Waals surface area contributed by atoms with Gasteiger partial charge in [0.25, 0.3) is 0 Å². The normalized spacial score (nSPS) is 19.8. The standard InChI is InChI=1S/C15H25BrN2S/c1-11(2)8-18(9-13-5-4-6-17-13)10-14-7-15(16)12(3)19-14/h7,11,13,17H,4-6,8-10H2,1-3H3. The molecule has 2 rings (SSSR count). The van der Waals surface area contributed by atoms with Crippen LogP contribution in [0.4, 0.5) is 0 Å². The molecule has 1 atom stereocenters. The van der Waals surface area contributed by atoms with Crippen LogP contribution in [0.15, 0.2) is 10.5 Å². The highest BCUT2D eigenvalue weighted by Gasteiger charge is 2.19. The van der Waals surface area contributed by atoms with Gasteiger partial charge in [0.1, 0.15) is 0 Å². The van der Waals surface area contributed by atoms with Gasteiger partial charge in [0.2, 0.25) is 0 Å². The van der Waals surface area contributed by atoms with Gasteiger partial charge >= 0.3 is 0 Å². The fourth-order valence-electron chi connectivity index (χ4n) is 2.76. The van der Waals surface area contributed by atoms with E-state index in [1.54, 1.807) is 0 Å². The Morgan fingerprint density at radius 2 is 2.32 bits per heavy atom. The summed E-state index contributed by atoms with van der Waals surface area (Å²) in [6.45, 7) is 11.5. The minimum atomic E-state index is 0.697. The first-order chi connectivity index (χ1) is 9.04. The average Bonchev–Trinajstić information content (AvgIpc) is 2.89. The Labute approximate surface area is 129 Å². The summed E-state index contributed by atoms with van der Waals surface area (Å²) in [5.74, 6) is 0.728. The molecule has 1 aliphatic rings. The lowest BCUT2D eigenvalue weighted by Crippen LogP contribution is -2.38. The molecule has 0 aromatic carbocycles. The molecule has 19 heavy (non-hydrogen) atoms. The van der Waals surface area contributed by atoms with Crippen LogP contribution in [0, 0.1) is 12.8 Å². The number of hydrogen-bond acceptors (Lipinski definition) is 3. The third kappa shape index (κ3) is 4.85. The molecule has 0 amide bonds. The molecule has 0 aliphatic carbocycles. The Morgan fingerprint density at radius 1 is 1.53 bits per heavy atom. The number of nitrogens with one attached hydrogen (secondary N) is 1. The van der Waals surface area contributed by atoms with Crippen LogP contribution in [-0.4, -0.2) is 30.6 Å². The Bertz CT molecular complexity index is 377. The second-order valence-electron chi connectivity index (χ2n) is 6.00. The highest BCUT2D eigenvalue weighted by molar-refractivity contribution is 9.10. The zero-order valence-electron chi connectivity index (χ0n) is 12.2. The van der Waals surface area contributed by atoms with Crippen molar-refractivity contribution in [1.29, 1.82) is 0 Å². The minimum Gasteiger partial charge on any atom is -0.313 e. The second-order valence-corrected chi connectivity index (χ2v) is 8.19. The average molecular weight is 345 g/mol. The highest BCUT2D eigenvalue weighted by atomic mass is 79.9. The Kier molecular flexibility index (Phi) is 5.87. The van der Waals surface area contributed by atoms with Gasteiger partial charge in [0.05, 0.1) is 0 Å². The molecule has 108 valence electrons. The van der Waals surface area contributed by atoms with Crippen molar-refractivity contribution in [2.45, 2.75) is 46.2 Å². The maximum Gasteiger partial charge on any atom is 0.0329 e. The van der Waals surface area contributed by atoms with Crippen LogP contribution in [0.3, 0.4) is 0 Å². The molecule has 1 aromatic heterocycles. The van der Waals surface area contributed by atoms with E-state index in [0.29, 0.717) is 6.04 Å². The van der Waals surface area contributed by atoms with E-state index in [0.717, 1.165) is 12.5 Å². The minimum absolute atomic E-state index is 0.697. The number of rotatable bonds is 6. The summed E-state index contributed by atoms with van der Waals surface area (Å²) in [6, 6.07) is 2.98. The Balaban J connectivity index is 1.95. The van der Waals surface area contributed by atoms with Gasteiger partial charge in [-0.2, -0.15) is 0 Å². The zero-order valence-corrected chi connectivity index (χ0v) is 14.6. The van der Waals surface area contributed by atoms with E-state index in [9.17, 15) is 0 Å². The molecule has 2 heterocycles. The lowest BCUT2D eigenvalue weighted by atomic mass is 10.1. The van der Waals surface area contributed by atoms with Gasteiger partial charge in [-0.25, -0.2) is 0 Å². The predicted octanol–water partition coefficient (Wildman–Crippen LogP) is 4.03. The number of halogens is 1. The summed E-state index contributed by atoms with van der Waals surface area (Å²) in [5.41, 5.74) is 0. The molecule has 1 fully saturated rings. The van der Waals surface area contributed by atoms with Gasteiger partial charge in [0, 0.05) is 39.9 Å². The lowest BCUT2D eigenvalue weighted by Gasteiger charge is -2.26. The fraction of sp³-hybridized carbons (Fsp3) is 0.733. The molecular formula is C15H25BrN2S. The first kappa shape index (κ1) is 15.5. The van der Waals surface area contributed by atoms with Crippen LogP contribution < -0.4 is 5.32 Å². The SMILES string of the molecule is Cc1sc(CN(CC(C)C)CC2CCCN2)cc1Br. The summed E-state index contributed by atoms with van der Waals surface area (Å²) in [6.07, 6.45) is 2.67. The molecule has 0 saturated carbocycles. The second kappa shape index (κ2) is 7.21. The van der Waals surface area contributed by atoms with E-state index >= 15 is 0 Å². The molecule has 1 aliphatic heterocycles. The van der Waals surface area contributed by atoms with Gasteiger partial charge in [-0.15, -0.1) is 11.3 Å². The topological polar surface area (TPSA) is 15.3 Å². The molecule has 1 unspecified atom stereocenters. The Hall–Kier alpha value is 0.100. The number of thiophene rings is 1. The van der Waals surface area contributed by atoms with Gasteiger partial charge in [0.15, 0.2) is 0 Å². The fourth-order valence-corrected chi connectivity index (χ4v) is 4.40. The largest absolute Gasteiger partial charge is 0.313 e. The van der Waals surface area contributed by atoms with E-state index in [2.05, 4.69) is 53.0 Å². The van der Waals surface area contributed by atoms with Gasteiger partial charge in [-0.3, -0.25) is 4.90 Å². The van der Waals surface area contributed by atoms with Crippen molar-refractivity contribution in [2.24, 2.45) is 5.92 Å². The van der Waals surface area contributed by atoms with Gasteiger partial charge < -0.3 is 5.32 Å². The smallest absolute Gasteiger partial charge is 0.0329 e. The first-order valence-corrected chi connectivity index (χ1v) is 8.86. The summed E-state index contributed by atoms with van der Waals surface area (Å²) < 4.78 is 1.26. The zero-order chi connectivity index (χ0) is 13.8. The van der Waals surface area contributed by atoms with Gasteiger partial charge in [-0.05, 0) is 54.2 Å². The maximum absolute atomic E-state index is 3.62. The van der Waals surface area contributed by atoms with Crippen molar-refractivity contribution in [3.8, 4) is 0 Å². The van der Waals surface area contributed by atoms with Crippen molar-refractivity contribution < 1.29 is 0 Å². The van der Waals surface area contributed by atoms with Crippen LogP contribution in [-0.2, 0) is 6.54 Å². The van der Waals surface area contributed by atoms with Crippen LogP contribution in [0.25, 0.3) is 0 Å². The monoisotopic (exact) mass is 344 g/mol. The van der Waals surface area contributed by atoms with Crippen LogP contribution in [0.5, 0.6) is 0 Å². The number of hydrogen-bond donors (Lipinski definition) is 1. The van der Waals surface area contributed by atoms with E-state index in [1.165, 1.54) is 46.7 Å². The molecule has 2 nitrogen and oxygen atoms in total. The first-order valence-electron chi connectivity index (χ1n) is 7.25. The summed E-state index contributed by atoms with van der Waals surface area (Å²) >= 11 is 5.54. The van der Waals surface area contributed by atoms with E-state index in [4.69, 9.17) is 0 Å². The quantitative estimate of drug-likeness (QED) is 0.837. The van der Waals surface area contributed by atoms with Gasteiger partial charge in [-0.1, -0.05) is 13.8 Å². The van der Waals surface area contributed by atoms with Crippen LogP contribution in [0.1, 0.15) is 36.4 Å². The van der Waals surface area contributed by atoms with E-state index < -0.39 is 0 Å². The third-order valence-corrected chi connectivity index (χ3v) is 5.67.